The van der Waals surface area contributed by atoms with Crippen molar-refractivity contribution in [2.24, 2.45) is 5.92 Å². The third kappa shape index (κ3) is 2.08. The summed E-state index contributed by atoms with van der Waals surface area (Å²) in [6.45, 7) is 2.78. The second-order valence-electron chi connectivity index (χ2n) is 4.92. The molecule has 0 radical (unpaired) electrons. The molecule has 0 saturated carbocycles. The van der Waals surface area contributed by atoms with Gasteiger partial charge in [-0.1, -0.05) is 6.58 Å². The zero-order valence-electron chi connectivity index (χ0n) is 9.53. The summed E-state index contributed by atoms with van der Waals surface area (Å²) in [6.07, 6.45) is -3.81. The van der Waals surface area contributed by atoms with Crippen LogP contribution in [0.5, 0.6) is 0 Å². The fourth-order valence-electron chi connectivity index (χ4n) is 2.81. The van der Waals surface area contributed by atoms with Crippen LogP contribution in [0.3, 0.4) is 0 Å². The van der Waals surface area contributed by atoms with Crippen molar-refractivity contribution in [2.75, 3.05) is 0 Å². The van der Waals surface area contributed by atoms with E-state index in [0.29, 0.717) is 12.8 Å². The van der Waals surface area contributed by atoms with E-state index in [2.05, 4.69) is 6.58 Å². The van der Waals surface area contributed by atoms with Gasteiger partial charge in [0, 0.05) is 5.92 Å². The van der Waals surface area contributed by atoms with Crippen LogP contribution in [0.2, 0.25) is 0 Å². The largest absolute Gasteiger partial charge is 0.419 e. The monoisotopic (exact) mass is 282 g/mol. The van der Waals surface area contributed by atoms with Gasteiger partial charge in [0.25, 0.3) is 0 Å². The van der Waals surface area contributed by atoms with Gasteiger partial charge in [0.2, 0.25) is 0 Å². The molecule has 0 aromatic rings. The molecule has 2 unspecified atom stereocenters. The second kappa shape index (κ2) is 4.08. The van der Waals surface area contributed by atoms with Gasteiger partial charge in [-0.3, -0.25) is 4.79 Å². The zero-order chi connectivity index (χ0) is 13.7. The molecule has 2 rings (SSSR count). The Bertz CT molecular complexity index is 472. The third-order valence-corrected chi connectivity index (χ3v) is 6.56. The molecule has 18 heavy (non-hydrogen) atoms. The summed E-state index contributed by atoms with van der Waals surface area (Å²) in [5.41, 5.74) is -1.37. The average Bonchev–Trinajstić information content (AvgIpc) is 2.46. The van der Waals surface area contributed by atoms with E-state index in [9.17, 15) is 26.4 Å². The predicted octanol–water partition coefficient (Wildman–Crippen LogP) is 2.03. The van der Waals surface area contributed by atoms with Crippen molar-refractivity contribution in [1.29, 1.82) is 0 Å². The molecule has 102 valence electrons. The van der Waals surface area contributed by atoms with E-state index >= 15 is 0 Å². The minimum absolute atomic E-state index is 0.00671. The Labute approximate surface area is 103 Å². The van der Waals surface area contributed by atoms with Gasteiger partial charge in [0.15, 0.2) is 15.6 Å². The van der Waals surface area contributed by atoms with Crippen molar-refractivity contribution in [1.82, 2.24) is 0 Å². The second-order valence-corrected chi connectivity index (χ2v) is 7.43. The first-order valence-corrected chi connectivity index (χ1v) is 7.28. The highest BCUT2D eigenvalue weighted by molar-refractivity contribution is 7.93. The van der Waals surface area contributed by atoms with Crippen molar-refractivity contribution < 1.29 is 26.4 Å². The minimum Gasteiger partial charge on any atom is -0.294 e. The number of rotatable bonds is 2. The Kier molecular flexibility index (Phi) is 3.08. The first-order chi connectivity index (χ1) is 8.14. The van der Waals surface area contributed by atoms with Crippen LogP contribution >= 0.6 is 0 Å². The van der Waals surface area contributed by atoms with Gasteiger partial charge in [0.1, 0.15) is 0 Å². The Hall–Kier alpha value is -0.850. The molecule has 2 bridgehead atoms. The van der Waals surface area contributed by atoms with Gasteiger partial charge in [0.05, 0.1) is 16.1 Å². The topological polar surface area (TPSA) is 51.2 Å². The number of carbonyl (C=O) groups is 1. The lowest BCUT2D eigenvalue weighted by atomic mass is 9.90. The molecule has 2 fully saturated rings. The van der Waals surface area contributed by atoms with Crippen molar-refractivity contribution in [3.63, 3.8) is 0 Å². The molecule has 2 saturated heterocycles. The lowest BCUT2D eigenvalue weighted by molar-refractivity contribution is -0.132. The molecule has 0 aromatic carbocycles. The lowest BCUT2D eigenvalue weighted by Crippen LogP contribution is -2.38. The van der Waals surface area contributed by atoms with Gasteiger partial charge in [-0.2, -0.15) is 13.2 Å². The predicted molar refractivity (Wildman–Crippen MR) is 58.7 cm³/mol. The van der Waals surface area contributed by atoms with Gasteiger partial charge in [-0.15, -0.1) is 0 Å². The van der Waals surface area contributed by atoms with Crippen LogP contribution in [0.15, 0.2) is 12.2 Å². The lowest BCUT2D eigenvalue weighted by Gasteiger charge is -2.27. The summed E-state index contributed by atoms with van der Waals surface area (Å²) < 4.78 is 60.6. The van der Waals surface area contributed by atoms with Crippen molar-refractivity contribution in [3.05, 3.63) is 12.2 Å². The van der Waals surface area contributed by atoms with E-state index in [-0.39, 0.29) is 12.8 Å². The number of fused-ring (bicyclic) bond motifs is 2. The van der Waals surface area contributed by atoms with Crippen LogP contribution in [-0.2, 0) is 14.6 Å². The van der Waals surface area contributed by atoms with Crippen LogP contribution in [0.4, 0.5) is 13.2 Å². The van der Waals surface area contributed by atoms with Crippen LogP contribution in [0, 0.1) is 5.92 Å². The average molecular weight is 282 g/mol. The number of hydrogen-bond donors (Lipinski definition) is 0. The fourth-order valence-corrected chi connectivity index (χ4v) is 5.28. The zero-order valence-corrected chi connectivity index (χ0v) is 10.4. The number of carbonyl (C=O) groups excluding carboxylic acids is 1. The molecule has 3 nitrogen and oxygen atoms in total. The molecule has 0 amide bonds. The normalized spacial score (nSPS) is 34.3. The van der Waals surface area contributed by atoms with Gasteiger partial charge in [-0.25, -0.2) is 8.42 Å². The molecule has 0 aromatic heterocycles. The van der Waals surface area contributed by atoms with E-state index in [4.69, 9.17) is 0 Å². The van der Waals surface area contributed by atoms with E-state index < -0.39 is 43.8 Å². The maximum atomic E-state index is 12.4. The molecule has 0 spiro atoms. The number of allylic oxidation sites excluding steroid dienone is 1. The first-order valence-electron chi connectivity index (χ1n) is 5.67. The standard InChI is InChI=1S/C11H13F3O3S/c1-6(11(12,13)14)10(15)7-4-8-2-3-9(5-7)18(8,16)17/h7-9H,1-5H2. The molecule has 2 aliphatic heterocycles. The number of alkyl halides is 3. The van der Waals surface area contributed by atoms with Crippen LogP contribution in [-0.4, -0.2) is 30.9 Å². The highest BCUT2D eigenvalue weighted by Gasteiger charge is 2.50. The maximum Gasteiger partial charge on any atom is 0.419 e. The molecule has 2 aliphatic rings. The molecule has 7 heteroatoms. The quantitative estimate of drug-likeness (QED) is 0.728. The summed E-state index contributed by atoms with van der Waals surface area (Å²) in [5, 5.41) is -1.29. The van der Waals surface area contributed by atoms with Gasteiger partial charge in [-0.05, 0) is 25.7 Å². The first kappa shape index (κ1) is 13.6. The Morgan fingerprint density at radius 2 is 1.56 bits per heavy atom. The number of ketones is 1. The Morgan fingerprint density at radius 1 is 1.11 bits per heavy atom. The van der Waals surface area contributed by atoms with E-state index in [1.807, 2.05) is 0 Å². The van der Waals surface area contributed by atoms with Crippen LogP contribution < -0.4 is 0 Å². The summed E-state index contributed by atoms with van der Waals surface area (Å²) >= 11 is 0. The van der Waals surface area contributed by atoms with Crippen molar-refractivity contribution >= 4 is 15.6 Å². The minimum atomic E-state index is -4.73. The molecular formula is C11H13F3O3S. The van der Waals surface area contributed by atoms with Gasteiger partial charge < -0.3 is 0 Å². The number of halogens is 3. The highest BCUT2D eigenvalue weighted by atomic mass is 32.2. The van der Waals surface area contributed by atoms with E-state index in [1.165, 1.54) is 0 Å². The van der Waals surface area contributed by atoms with Crippen LogP contribution in [0.1, 0.15) is 25.7 Å². The Balaban J connectivity index is 2.15. The smallest absolute Gasteiger partial charge is 0.294 e. The molecular weight excluding hydrogens is 269 g/mol. The molecule has 2 atom stereocenters. The third-order valence-electron chi connectivity index (χ3n) is 3.85. The number of Topliss-reactive ketones (excluding diaryl/α,β-unsaturated/α-hetero) is 1. The number of hydrogen-bond acceptors (Lipinski definition) is 3. The van der Waals surface area contributed by atoms with Crippen LogP contribution in [0.25, 0.3) is 0 Å². The van der Waals surface area contributed by atoms with E-state index in [0.717, 1.165) is 0 Å². The fraction of sp³-hybridized carbons (Fsp3) is 0.727. The SMILES string of the molecule is C=C(C(=O)C1CC2CCC(C1)S2(=O)=O)C(F)(F)F. The van der Waals surface area contributed by atoms with Crippen molar-refractivity contribution in [3.8, 4) is 0 Å². The summed E-state index contributed by atoms with van der Waals surface area (Å²) in [6, 6.07) is 0. The molecule has 2 heterocycles. The highest BCUT2D eigenvalue weighted by Crippen LogP contribution is 2.43. The summed E-state index contributed by atoms with van der Waals surface area (Å²) in [5.74, 6) is -1.89. The van der Waals surface area contributed by atoms with E-state index in [1.54, 1.807) is 0 Å². The maximum absolute atomic E-state index is 12.4. The number of sulfone groups is 1. The van der Waals surface area contributed by atoms with Gasteiger partial charge >= 0.3 is 6.18 Å². The summed E-state index contributed by atoms with van der Waals surface area (Å²) in [7, 11) is -3.22. The Morgan fingerprint density at radius 3 is 1.94 bits per heavy atom. The molecule has 0 N–H and O–H groups in total. The molecule has 0 aliphatic carbocycles. The van der Waals surface area contributed by atoms with Crippen molar-refractivity contribution in [2.45, 2.75) is 42.4 Å². The summed E-state index contributed by atoms with van der Waals surface area (Å²) in [4.78, 5) is 11.7.